The molecule has 0 radical (unpaired) electrons. The van der Waals surface area contributed by atoms with Crippen molar-refractivity contribution in [2.75, 3.05) is 25.0 Å². The van der Waals surface area contributed by atoms with Gasteiger partial charge in [0.05, 0.1) is 11.9 Å². The van der Waals surface area contributed by atoms with Crippen molar-refractivity contribution in [3.8, 4) is 5.82 Å². The van der Waals surface area contributed by atoms with E-state index >= 15 is 0 Å². The van der Waals surface area contributed by atoms with E-state index in [1.54, 1.807) is 6.20 Å². The maximum Gasteiger partial charge on any atom is 0.138 e. The minimum absolute atomic E-state index is 0.770. The largest absolute Gasteiger partial charge is 0.384 e. The molecule has 0 spiro atoms. The van der Waals surface area contributed by atoms with E-state index in [4.69, 9.17) is 0 Å². The number of hydrogen-bond donors (Lipinski definition) is 2. The number of aromatic nitrogens is 3. The van der Waals surface area contributed by atoms with E-state index in [1.165, 1.54) is 12.8 Å². The van der Waals surface area contributed by atoms with Crippen LogP contribution in [0.5, 0.6) is 0 Å². The Kier molecular flexibility index (Phi) is 3.97. The highest BCUT2D eigenvalue weighted by atomic mass is 15.1. The third-order valence-electron chi connectivity index (χ3n) is 3.87. The van der Waals surface area contributed by atoms with Gasteiger partial charge in [0, 0.05) is 18.9 Å². The van der Waals surface area contributed by atoms with Gasteiger partial charge < -0.3 is 10.6 Å². The van der Waals surface area contributed by atoms with Gasteiger partial charge in [0.25, 0.3) is 0 Å². The van der Waals surface area contributed by atoms with Crippen LogP contribution in [0.4, 0.5) is 5.69 Å². The molecule has 5 heteroatoms. The zero-order valence-electron chi connectivity index (χ0n) is 11.8. The molecule has 3 heterocycles. The van der Waals surface area contributed by atoms with Crippen molar-refractivity contribution in [3.63, 3.8) is 0 Å². The van der Waals surface area contributed by atoms with Crippen molar-refractivity contribution in [2.45, 2.75) is 19.8 Å². The van der Waals surface area contributed by atoms with Crippen molar-refractivity contribution in [1.29, 1.82) is 0 Å². The summed E-state index contributed by atoms with van der Waals surface area (Å²) >= 11 is 0. The molecule has 0 aromatic carbocycles. The second-order valence-corrected chi connectivity index (χ2v) is 5.32. The lowest BCUT2D eigenvalue weighted by Gasteiger charge is -2.23. The molecule has 1 aliphatic rings. The van der Waals surface area contributed by atoms with Gasteiger partial charge in [-0.3, -0.25) is 4.57 Å². The molecule has 1 aliphatic heterocycles. The van der Waals surface area contributed by atoms with E-state index in [2.05, 4.69) is 26.7 Å². The fourth-order valence-corrected chi connectivity index (χ4v) is 2.60. The van der Waals surface area contributed by atoms with Crippen LogP contribution >= 0.6 is 0 Å². The van der Waals surface area contributed by atoms with Crippen molar-refractivity contribution in [2.24, 2.45) is 5.92 Å². The summed E-state index contributed by atoms with van der Waals surface area (Å²) in [6.07, 6.45) is 8.13. The molecule has 106 valence electrons. The number of hydrogen-bond acceptors (Lipinski definition) is 4. The molecule has 1 fully saturated rings. The first-order valence-corrected chi connectivity index (χ1v) is 7.24. The number of anilines is 1. The summed E-state index contributed by atoms with van der Waals surface area (Å²) in [5, 5.41) is 6.88. The molecule has 0 amide bonds. The highest BCUT2D eigenvalue weighted by molar-refractivity contribution is 5.43. The lowest BCUT2D eigenvalue weighted by molar-refractivity contribution is 0.390. The summed E-state index contributed by atoms with van der Waals surface area (Å²) in [4.78, 5) is 8.71. The maximum absolute atomic E-state index is 4.49. The monoisotopic (exact) mass is 271 g/mol. The van der Waals surface area contributed by atoms with Gasteiger partial charge in [0.15, 0.2) is 0 Å². The number of nitrogens with zero attached hydrogens (tertiary/aromatic N) is 3. The van der Waals surface area contributed by atoms with Crippen LogP contribution in [-0.4, -0.2) is 34.2 Å². The fraction of sp³-hybridized carbons (Fsp3) is 0.467. The Morgan fingerprint density at radius 2 is 2.15 bits per heavy atom. The average Bonchev–Trinajstić information content (AvgIpc) is 2.93. The van der Waals surface area contributed by atoms with Crippen LogP contribution in [0.2, 0.25) is 0 Å². The fourth-order valence-electron chi connectivity index (χ4n) is 2.60. The van der Waals surface area contributed by atoms with Gasteiger partial charge in [-0.25, -0.2) is 9.97 Å². The second-order valence-electron chi connectivity index (χ2n) is 5.32. The van der Waals surface area contributed by atoms with E-state index in [-0.39, 0.29) is 0 Å². The molecule has 0 unspecified atom stereocenters. The van der Waals surface area contributed by atoms with Crippen LogP contribution in [0.3, 0.4) is 0 Å². The highest BCUT2D eigenvalue weighted by Crippen LogP contribution is 2.15. The number of piperidine rings is 1. The summed E-state index contributed by atoms with van der Waals surface area (Å²) in [6, 6.07) is 4.11. The highest BCUT2D eigenvalue weighted by Gasteiger charge is 2.12. The molecule has 2 N–H and O–H groups in total. The lowest BCUT2D eigenvalue weighted by Crippen LogP contribution is -2.31. The van der Waals surface area contributed by atoms with Gasteiger partial charge in [-0.05, 0) is 50.9 Å². The van der Waals surface area contributed by atoms with E-state index in [1.807, 2.05) is 30.0 Å². The van der Waals surface area contributed by atoms with Gasteiger partial charge in [-0.15, -0.1) is 0 Å². The molecule has 0 atom stereocenters. The van der Waals surface area contributed by atoms with Crippen LogP contribution in [0.25, 0.3) is 5.82 Å². The van der Waals surface area contributed by atoms with Crippen LogP contribution in [0.15, 0.2) is 30.7 Å². The Morgan fingerprint density at radius 3 is 2.80 bits per heavy atom. The van der Waals surface area contributed by atoms with Gasteiger partial charge in [0.1, 0.15) is 11.6 Å². The summed E-state index contributed by atoms with van der Waals surface area (Å²) < 4.78 is 1.98. The van der Waals surface area contributed by atoms with Crippen molar-refractivity contribution < 1.29 is 0 Å². The van der Waals surface area contributed by atoms with Crippen molar-refractivity contribution >= 4 is 5.69 Å². The summed E-state index contributed by atoms with van der Waals surface area (Å²) in [6.45, 7) is 5.30. The SMILES string of the molecule is Cc1nccn1-c1ccc(NCC2CCNCC2)cn1. The number of rotatable bonds is 4. The average molecular weight is 271 g/mol. The quantitative estimate of drug-likeness (QED) is 0.893. The van der Waals surface area contributed by atoms with E-state index in [0.29, 0.717) is 0 Å². The number of aryl methyl sites for hydroxylation is 1. The molecule has 3 rings (SSSR count). The first-order chi connectivity index (χ1) is 9.83. The first kappa shape index (κ1) is 13.1. The van der Waals surface area contributed by atoms with Crippen molar-refractivity contribution in [1.82, 2.24) is 19.9 Å². The minimum Gasteiger partial charge on any atom is -0.384 e. The van der Waals surface area contributed by atoms with Crippen LogP contribution in [0.1, 0.15) is 18.7 Å². The lowest BCUT2D eigenvalue weighted by atomic mass is 9.98. The third kappa shape index (κ3) is 2.99. The Bertz CT molecular complexity index is 540. The van der Waals surface area contributed by atoms with E-state index < -0.39 is 0 Å². The molecular formula is C15H21N5. The van der Waals surface area contributed by atoms with Gasteiger partial charge in [-0.1, -0.05) is 0 Å². The van der Waals surface area contributed by atoms with Gasteiger partial charge >= 0.3 is 0 Å². The Balaban J connectivity index is 1.60. The standard InChI is InChI=1S/C15H21N5/c1-12-17-8-9-20(12)15-3-2-14(11-19-15)18-10-13-4-6-16-7-5-13/h2-3,8-9,11,13,16,18H,4-7,10H2,1H3. The van der Waals surface area contributed by atoms with Gasteiger partial charge in [-0.2, -0.15) is 0 Å². The summed E-state index contributed by atoms with van der Waals surface area (Å²) in [5.74, 6) is 2.63. The molecule has 0 bridgehead atoms. The number of imidazole rings is 1. The van der Waals surface area contributed by atoms with E-state index in [0.717, 1.165) is 42.9 Å². The Hall–Kier alpha value is -1.88. The second kappa shape index (κ2) is 6.05. The topological polar surface area (TPSA) is 54.8 Å². The van der Waals surface area contributed by atoms with Crippen LogP contribution in [0, 0.1) is 12.8 Å². The molecule has 0 saturated carbocycles. The minimum atomic E-state index is 0.770. The van der Waals surface area contributed by atoms with Crippen LogP contribution in [-0.2, 0) is 0 Å². The number of pyridine rings is 1. The first-order valence-electron chi connectivity index (χ1n) is 7.24. The molecule has 2 aromatic rings. The summed E-state index contributed by atoms with van der Waals surface area (Å²) in [7, 11) is 0. The number of nitrogens with one attached hydrogen (secondary N) is 2. The predicted molar refractivity (Wildman–Crippen MR) is 80.2 cm³/mol. The predicted octanol–water partition coefficient (Wildman–Crippen LogP) is 1.99. The molecule has 1 saturated heterocycles. The molecule has 20 heavy (non-hydrogen) atoms. The van der Waals surface area contributed by atoms with Gasteiger partial charge in [0.2, 0.25) is 0 Å². The molecule has 5 nitrogen and oxygen atoms in total. The zero-order chi connectivity index (χ0) is 13.8. The smallest absolute Gasteiger partial charge is 0.138 e. The van der Waals surface area contributed by atoms with E-state index in [9.17, 15) is 0 Å². The Morgan fingerprint density at radius 1 is 1.30 bits per heavy atom. The maximum atomic E-state index is 4.49. The summed E-state index contributed by atoms with van der Waals surface area (Å²) in [5.41, 5.74) is 1.09. The molecule has 0 aliphatic carbocycles. The zero-order valence-corrected chi connectivity index (χ0v) is 11.8. The molecule has 2 aromatic heterocycles. The molecular weight excluding hydrogens is 250 g/mol. The normalized spacial score (nSPS) is 16.2. The third-order valence-corrected chi connectivity index (χ3v) is 3.87. The van der Waals surface area contributed by atoms with Crippen molar-refractivity contribution in [3.05, 3.63) is 36.5 Å². The van der Waals surface area contributed by atoms with Crippen LogP contribution < -0.4 is 10.6 Å². The Labute approximate surface area is 119 Å².